The number of primary amides is 1. The van der Waals surface area contributed by atoms with Crippen molar-refractivity contribution >= 4 is 27.9 Å². The number of anilines is 1. The number of fused-ring (bicyclic) bond motifs is 1. The van der Waals surface area contributed by atoms with Crippen LogP contribution in [0.25, 0.3) is 4.96 Å². The summed E-state index contributed by atoms with van der Waals surface area (Å²) in [5.74, 6) is -0.686. The second-order valence-electron chi connectivity index (χ2n) is 6.27. The summed E-state index contributed by atoms with van der Waals surface area (Å²) in [5, 5.41) is 0. The van der Waals surface area contributed by atoms with E-state index < -0.39 is 5.91 Å². The first-order valence-electron chi connectivity index (χ1n) is 8.68. The molecule has 0 saturated carbocycles. The van der Waals surface area contributed by atoms with E-state index in [0.29, 0.717) is 30.2 Å². The van der Waals surface area contributed by atoms with Crippen LogP contribution in [0.4, 0.5) is 10.1 Å². The van der Waals surface area contributed by atoms with Gasteiger partial charge >= 0.3 is 0 Å². The van der Waals surface area contributed by atoms with Gasteiger partial charge in [-0.1, -0.05) is 0 Å². The van der Waals surface area contributed by atoms with Gasteiger partial charge in [-0.15, -0.1) is 11.3 Å². The van der Waals surface area contributed by atoms with Gasteiger partial charge in [-0.25, -0.2) is 9.37 Å². The van der Waals surface area contributed by atoms with Gasteiger partial charge in [0.25, 0.3) is 5.56 Å². The first-order chi connectivity index (χ1) is 12.9. The van der Waals surface area contributed by atoms with Gasteiger partial charge in [0, 0.05) is 35.3 Å². The number of amides is 1. The van der Waals surface area contributed by atoms with Crippen LogP contribution in [0.3, 0.4) is 0 Å². The first-order valence-corrected chi connectivity index (χ1v) is 9.50. The van der Waals surface area contributed by atoms with Crippen molar-refractivity contribution < 1.29 is 9.18 Å². The Bertz CT molecular complexity index is 1030. The quantitative estimate of drug-likeness (QED) is 0.675. The number of rotatable bonds is 7. The Morgan fingerprint density at radius 2 is 2.04 bits per heavy atom. The Morgan fingerprint density at radius 1 is 1.33 bits per heavy atom. The van der Waals surface area contributed by atoms with E-state index in [4.69, 9.17) is 5.73 Å². The third kappa shape index (κ3) is 4.16. The van der Waals surface area contributed by atoms with Crippen molar-refractivity contribution in [2.24, 2.45) is 5.73 Å². The normalized spacial score (nSPS) is 11.1. The zero-order valence-corrected chi connectivity index (χ0v) is 16.1. The lowest BCUT2D eigenvalue weighted by Crippen LogP contribution is -2.25. The van der Waals surface area contributed by atoms with Crippen molar-refractivity contribution in [3.63, 3.8) is 0 Å². The van der Waals surface area contributed by atoms with Crippen LogP contribution in [0.5, 0.6) is 0 Å². The smallest absolute Gasteiger partial charge is 0.259 e. The molecule has 0 aliphatic carbocycles. The van der Waals surface area contributed by atoms with Gasteiger partial charge in [-0.05, 0) is 44.5 Å². The summed E-state index contributed by atoms with van der Waals surface area (Å²) in [5.41, 5.74) is 7.35. The summed E-state index contributed by atoms with van der Waals surface area (Å²) in [6, 6.07) is 7.76. The summed E-state index contributed by atoms with van der Waals surface area (Å²) < 4.78 is 14.7. The molecule has 0 saturated heterocycles. The fourth-order valence-electron chi connectivity index (χ4n) is 3.02. The number of aromatic nitrogens is 2. The topological polar surface area (TPSA) is 80.7 Å². The molecule has 142 valence electrons. The highest BCUT2D eigenvalue weighted by Crippen LogP contribution is 2.22. The number of carbonyl (C=O) groups excluding carboxylic acids is 1. The van der Waals surface area contributed by atoms with E-state index in [9.17, 15) is 14.0 Å². The number of benzene rings is 1. The highest BCUT2D eigenvalue weighted by atomic mass is 32.1. The van der Waals surface area contributed by atoms with Crippen molar-refractivity contribution in [3.8, 4) is 0 Å². The number of halogens is 1. The molecule has 1 amide bonds. The molecule has 0 aliphatic rings. The Labute approximate surface area is 160 Å². The van der Waals surface area contributed by atoms with Crippen LogP contribution in [0.1, 0.15) is 29.6 Å². The average Bonchev–Trinajstić information content (AvgIpc) is 2.94. The predicted molar refractivity (Wildman–Crippen MR) is 105 cm³/mol. The largest absolute Gasteiger partial charge is 0.370 e. The van der Waals surface area contributed by atoms with Crippen LogP contribution >= 0.6 is 11.3 Å². The fraction of sp³-hybridized carbons (Fsp3) is 0.316. The molecule has 3 rings (SSSR count). The number of nitrogens with zero attached hydrogens (tertiary/aromatic N) is 3. The third-order valence-corrected chi connectivity index (χ3v) is 5.39. The summed E-state index contributed by atoms with van der Waals surface area (Å²) in [7, 11) is 0. The Morgan fingerprint density at radius 3 is 2.67 bits per heavy atom. The first kappa shape index (κ1) is 19.0. The average molecular weight is 388 g/mol. The molecule has 0 bridgehead atoms. The molecular formula is C19H21FN4O2S. The van der Waals surface area contributed by atoms with Crippen molar-refractivity contribution in [1.82, 2.24) is 9.38 Å². The second-order valence-corrected chi connectivity index (χ2v) is 7.45. The molecule has 0 fully saturated rings. The number of aryl methyl sites for hydroxylation is 2. The van der Waals surface area contributed by atoms with E-state index in [-0.39, 0.29) is 17.8 Å². The lowest BCUT2D eigenvalue weighted by Gasteiger charge is -2.22. The van der Waals surface area contributed by atoms with Gasteiger partial charge in [0.1, 0.15) is 5.82 Å². The summed E-state index contributed by atoms with van der Waals surface area (Å²) >= 11 is 1.42. The third-order valence-electron chi connectivity index (χ3n) is 4.40. The molecule has 2 aromatic heterocycles. The molecule has 0 radical (unpaired) electrons. The maximum Gasteiger partial charge on any atom is 0.259 e. The molecule has 0 spiro atoms. The standard InChI is InChI=1S/C19H21FN4O2S/c1-3-23(15-6-4-13(20)5-7-15)11-14-10-18(26)24-16(8-9-17(21)25)12(2)27-19(24)22-14/h4-7,10H,3,8-9,11H2,1-2H3,(H2,21,25). The second kappa shape index (κ2) is 7.87. The van der Waals surface area contributed by atoms with Crippen molar-refractivity contribution in [2.75, 3.05) is 11.4 Å². The van der Waals surface area contributed by atoms with Crippen LogP contribution in [0.15, 0.2) is 35.1 Å². The lowest BCUT2D eigenvalue weighted by molar-refractivity contribution is -0.118. The van der Waals surface area contributed by atoms with Gasteiger partial charge in [0.2, 0.25) is 5.91 Å². The van der Waals surface area contributed by atoms with E-state index in [1.54, 1.807) is 16.5 Å². The minimum atomic E-state index is -0.399. The van der Waals surface area contributed by atoms with Gasteiger partial charge in [-0.3, -0.25) is 14.0 Å². The van der Waals surface area contributed by atoms with E-state index in [0.717, 1.165) is 16.3 Å². The van der Waals surface area contributed by atoms with Crippen LogP contribution in [-0.4, -0.2) is 21.8 Å². The number of hydrogen-bond donors (Lipinski definition) is 1. The number of nitrogens with two attached hydrogens (primary N) is 1. The predicted octanol–water partition coefficient (Wildman–Crippen LogP) is 2.65. The van der Waals surface area contributed by atoms with Crippen molar-refractivity contribution in [1.29, 1.82) is 0 Å². The van der Waals surface area contributed by atoms with Crippen molar-refractivity contribution in [2.45, 2.75) is 33.2 Å². The minimum absolute atomic E-state index is 0.172. The van der Waals surface area contributed by atoms with Gasteiger partial charge in [-0.2, -0.15) is 0 Å². The molecule has 0 aliphatic heterocycles. The van der Waals surface area contributed by atoms with E-state index in [1.165, 1.54) is 29.5 Å². The van der Waals surface area contributed by atoms with Gasteiger partial charge < -0.3 is 10.6 Å². The zero-order chi connectivity index (χ0) is 19.6. The molecule has 2 N–H and O–H groups in total. The molecule has 0 unspecified atom stereocenters. The molecule has 1 aromatic carbocycles. The lowest BCUT2D eigenvalue weighted by atomic mass is 10.2. The number of thiazole rings is 1. The Balaban J connectivity index is 1.93. The highest BCUT2D eigenvalue weighted by Gasteiger charge is 2.15. The number of carbonyl (C=O) groups is 1. The van der Waals surface area contributed by atoms with Gasteiger partial charge in [0.05, 0.1) is 12.2 Å². The molecular weight excluding hydrogens is 367 g/mol. The summed E-state index contributed by atoms with van der Waals surface area (Å²) in [6.07, 6.45) is 0.605. The summed E-state index contributed by atoms with van der Waals surface area (Å²) in [6.45, 7) is 5.04. The Kier molecular flexibility index (Phi) is 5.55. The van der Waals surface area contributed by atoms with E-state index in [2.05, 4.69) is 4.98 Å². The van der Waals surface area contributed by atoms with E-state index in [1.807, 2.05) is 18.7 Å². The van der Waals surface area contributed by atoms with Crippen molar-refractivity contribution in [3.05, 3.63) is 62.8 Å². The SMILES string of the molecule is CCN(Cc1cc(=O)n2c(CCC(N)=O)c(C)sc2n1)c1ccc(F)cc1. The molecule has 27 heavy (non-hydrogen) atoms. The van der Waals surface area contributed by atoms with Crippen LogP contribution in [-0.2, 0) is 17.8 Å². The maximum atomic E-state index is 13.2. The minimum Gasteiger partial charge on any atom is -0.370 e. The Hall–Kier alpha value is -2.74. The van der Waals surface area contributed by atoms with Crippen LogP contribution in [0.2, 0.25) is 0 Å². The molecule has 6 nitrogen and oxygen atoms in total. The molecule has 8 heteroatoms. The fourth-order valence-corrected chi connectivity index (χ4v) is 4.06. The molecule has 0 atom stereocenters. The van der Waals surface area contributed by atoms with Crippen LogP contribution in [0, 0.1) is 12.7 Å². The maximum absolute atomic E-state index is 13.2. The molecule has 2 heterocycles. The highest BCUT2D eigenvalue weighted by molar-refractivity contribution is 7.17. The monoisotopic (exact) mass is 388 g/mol. The van der Waals surface area contributed by atoms with E-state index >= 15 is 0 Å². The van der Waals surface area contributed by atoms with Gasteiger partial charge in [0.15, 0.2) is 4.96 Å². The van der Waals surface area contributed by atoms with Crippen LogP contribution < -0.4 is 16.2 Å². The zero-order valence-electron chi connectivity index (χ0n) is 15.2. The number of hydrogen-bond acceptors (Lipinski definition) is 5. The summed E-state index contributed by atoms with van der Waals surface area (Å²) in [4.78, 5) is 32.0. The molecule has 3 aromatic rings.